The summed E-state index contributed by atoms with van der Waals surface area (Å²) in [4.78, 5) is 10.8. The Kier molecular flexibility index (Phi) is 3.51. The molecular formula is C16H11BrFNO2. The summed E-state index contributed by atoms with van der Waals surface area (Å²) in [6.45, 7) is 0.488. The molecule has 1 heterocycles. The molecule has 5 heteroatoms. The van der Waals surface area contributed by atoms with Gasteiger partial charge in [-0.05, 0) is 42.0 Å². The van der Waals surface area contributed by atoms with Crippen molar-refractivity contribution in [3.8, 4) is 0 Å². The molecule has 21 heavy (non-hydrogen) atoms. The molecule has 0 fully saturated rings. The first-order valence-corrected chi connectivity index (χ1v) is 7.10. The largest absolute Gasteiger partial charge is 0.478 e. The van der Waals surface area contributed by atoms with Gasteiger partial charge in [0.1, 0.15) is 5.82 Å². The minimum atomic E-state index is -1.25. The van der Waals surface area contributed by atoms with Crippen LogP contribution in [0.25, 0.3) is 10.9 Å². The number of hydrogen-bond acceptors (Lipinski definition) is 1. The van der Waals surface area contributed by atoms with E-state index < -0.39 is 11.8 Å². The molecule has 0 amide bonds. The minimum Gasteiger partial charge on any atom is -0.478 e. The highest BCUT2D eigenvalue weighted by Crippen LogP contribution is 2.22. The lowest BCUT2D eigenvalue weighted by molar-refractivity contribution is 0.0692. The first-order valence-electron chi connectivity index (χ1n) is 6.31. The van der Waals surface area contributed by atoms with Crippen LogP contribution in [0.2, 0.25) is 0 Å². The maximum absolute atomic E-state index is 13.7. The smallest absolute Gasteiger partial charge is 0.338 e. The molecule has 3 rings (SSSR count). The van der Waals surface area contributed by atoms with E-state index in [9.17, 15) is 9.18 Å². The third-order valence-corrected chi connectivity index (χ3v) is 3.84. The van der Waals surface area contributed by atoms with E-state index in [0.29, 0.717) is 6.54 Å². The zero-order valence-electron chi connectivity index (χ0n) is 10.9. The fourth-order valence-corrected chi connectivity index (χ4v) is 2.71. The van der Waals surface area contributed by atoms with Crippen LogP contribution in [0.1, 0.15) is 15.9 Å². The predicted molar refractivity (Wildman–Crippen MR) is 82.1 cm³/mol. The van der Waals surface area contributed by atoms with Crippen LogP contribution in [0.15, 0.2) is 53.1 Å². The summed E-state index contributed by atoms with van der Waals surface area (Å²) in [5.41, 5.74) is 1.46. The molecule has 2 aromatic carbocycles. The van der Waals surface area contributed by atoms with E-state index in [4.69, 9.17) is 5.11 Å². The fourth-order valence-electron chi connectivity index (χ4n) is 2.34. The number of carboxylic acids is 1. The second-order valence-electron chi connectivity index (χ2n) is 4.77. The minimum absolute atomic E-state index is 0.306. The molecule has 0 saturated carbocycles. The van der Waals surface area contributed by atoms with Crippen molar-refractivity contribution in [3.63, 3.8) is 0 Å². The van der Waals surface area contributed by atoms with Crippen molar-refractivity contribution >= 4 is 32.8 Å². The molecule has 1 aromatic heterocycles. The lowest BCUT2D eigenvalue weighted by Crippen LogP contribution is -2.03. The molecule has 3 nitrogen and oxygen atoms in total. The Morgan fingerprint density at radius 3 is 2.71 bits per heavy atom. The van der Waals surface area contributed by atoms with Crippen LogP contribution in [0.5, 0.6) is 0 Å². The Hall–Kier alpha value is -2.14. The van der Waals surface area contributed by atoms with Gasteiger partial charge in [-0.1, -0.05) is 22.0 Å². The summed E-state index contributed by atoms with van der Waals surface area (Å²) < 4.78 is 16.7. The van der Waals surface area contributed by atoms with Crippen molar-refractivity contribution in [2.24, 2.45) is 0 Å². The van der Waals surface area contributed by atoms with Gasteiger partial charge in [0.25, 0.3) is 0 Å². The number of carbonyl (C=O) groups is 1. The topological polar surface area (TPSA) is 42.2 Å². The van der Waals surface area contributed by atoms with Crippen molar-refractivity contribution in [2.75, 3.05) is 0 Å². The van der Waals surface area contributed by atoms with E-state index in [-0.39, 0.29) is 5.56 Å². The zero-order chi connectivity index (χ0) is 15.0. The number of hydrogen-bond donors (Lipinski definition) is 1. The molecule has 0 saturated heterocycles. The number of carboxylic acid groups (broad SMARTS) is 1. The van der Waals surface area contributed by atoms with Crippen LogP contribution in [0, 0.1) is 5.82 Å². The van der Waals surface area contributed by atoms with Crippen molar-refractivity contribution in [1.82, 2.24) is 4.57 Å². The van der Waals surface area contributed by atoms with Crippen molar-refractivity contribution in [1.29, 1.82) is 0 Å². The predicted octanol–water partition coefficient (Wildman–Crippen LogP) is 4.29. The molecule has 0 unspecified atom stereocenters. The Bertz CT molecular complexity index is 841. The monoisotopic (exact) mass is 347 g/mol. The third-order valence-electron chi connectivity index (χ3n) is 3.35. The molecular weight excluding hydrogens is 337 g/mol. The van der Waals surface area contributed by atoms with Crippen LogP contribution in [0.3, 0.4) is 0 Å². The van der Waals surface area contributed by atoms with Gasteiger partial charge in [-0.2, -0.15) is 0 Å². The molecule has 0 atom stereocenters. The van der Waals surface area contributed by atoms with E-state index >= 15 is 0 Å². The number of aromatic carboxylic acids is 1. The van der Waals surface area contributed by atoms with Crippen LogP contribution in [0.4, 0.5) is 4.39 Å². The normalized spacial score (nSPS) is 11.0. The molecule has 0 aliphatic rings. The van der Waals surface area contributed by atoms with Crippen molar-refractivity contribution in [2.45, 2.75) is 6.54 Å². The average molecular weight is 348 g/mol. The van der Waals surface area contributed by atoms with Crippen LogP contribution < -0.4 is 0 Å². The summed E-state index contributed by atoms with van der Waals surface area (Å²) in [5, 5.41) is 9.92. The summed E-state index contributed by atoms with van der Waals surface area (Å²) in [6.07, 6.45) is 1.93. The van der Waals surface area contributed by atoms with E-state index in [2.05, 4.69) is 15.9 Å². The molecule has 106 valence electrons. The quantitative estimate of drug-likeness (QED) is 0.767. The number of fused-ring (bicyclic) bond motifs is 1. The van der Waals surface area contributed by atoms with Gasteiger partial charge < -0.3 is 9.67 Å². The highest BCUT2D eigenvalue weighted by atomic mass is 79.9. The zero-order valence-corrected chi connectivity index (χ0v) is 12.5. The van der Waals surface area contributed by atoms with E-state index in [1.54, 1.807) is 6.07 Å². The van der Waals surface area contributed by atoms with Crippen molar-refractivity contribution < 1.29 is 14.3 Å². The van der Waals surface area contributed by atoms with Gasteiger partial charge in [-0.15, -0.1) is 0 Å². The summed E-state index contributed by atoms with van der Waals surface area (Å²) >= 11 is 3.43. The highest BCUT2D eigenvalue weighted by molar-refractivity contribution is 9.10. The van der Waals surface area contributed by atoms with Crippen LogP contribution in [-0.4, -0.2) is 15.6 Å². The average Bonchev–Trinajstić information content (AvgIpc) is 2.80. The molecule has 0 aliphatic carbocycles. The first-order chi connectivity index (χ1) is 10.0. The van der Waals surface area contributed by atoms with Gasteiger partial charge in [-0.25, -0.2) is 9.18 Å². The van der Waals surface area contributed by atoms with Crippen LogP contribution >= 0.6 is 15.9 Å². The van der Waals surface area contributed by atoms with Gasteiger partial charge in [0.05, 0.1) is 5.56 Å². The van der Waals surface area contributed by atoms with E-state index in [0.717, 1.165) is 20.9 Å². The Morgan fingerprint density at radius 2 is 2.00 bits per heavy atom. The molecule has 1 N–H and O–H groups in total. The highest BCUT2D eigenvalue weighted by Gasteiger charge is 2.11. The number of nitrogens with zero attached hydrogens (tertiary/aromatic N) is 1. The summed E-state index contributed by atoms with van der Waals surface area (Å²) in [6, 6.07) is 12.1. The van der Waals surface area contributed by atoms with E-state index in [1.807, 2.05) is 35.0 Å². The SMILES string of the molecule is O=C(O)c1ccc(Cn2ccc3cc(Br)ccc32)cc1F. The number of rotatable bonds is 3. The third kappa shape index (κ3) is 2.69. The first kappa shape index (κ1) is 13.8. The second kappa shape index (κ2) is 5.33. The summed E-state index contributed by atoms with van der Waals surface area (Å²) in [5.74, 6) is -1.96. The van der Waals surface area contributed by atoms with E-state index in [1.165, 1.54) is 12.1 Å². The molecule has 3 aromatic rings. The number of benzene rings is 2. The lowest BCUT2D eigenvalue weighted by Gasteiger charge is -2.07. The van der Waals surface area contributed by atoms with Gasteiger partial charge in [0, 0.05) is 28.1 Å². The summed E-state index contributed by atoms with van der Waals surface area (Å²) in [7, 11) is 0. The van der Waals surface area contributed by atoms with Crippen molar-refractivity contribution in [3.05, 3.63) is 70.1 Å². The number of halogens is 2. The maximum Gasteiger partial charge on any atom is 0.338 e. The molecule has 0 spiro atoms. The molecule has 0 aliphatic heterocycles. The van der Waals surface area contributed by atoms with Gasteiger partial charge in [-0.3, -0.25) is 0 Å². The van der Waals surface area contributed by atoms with Gasteiger partial charge >= 0.3 is 5.97 Å². The second-order valence-corrected chi connectivity index (χ2v) is 5.68. The van der Waals surface area contributed by atoms with Crippen LogP contribution in [-0.2, 0) is 6.54 Å². The Balaban J connectivity index is 1.95. The fraction of sp³-hybridized carbons (Fsp3) is 0.0625. The van der Waals surface area contributed by atoms with Gasteiger partial charge in [0.15, 0.2) is 0 Å². The van der Waals surface area contributed by atoms with Gasteiger partial charge in [0.2, 0.25) is 0 Å². The lowest BCUT2D eigenvalue weighted by atomic mass is 10.1. The Morgan fingerprint density at radius 1 is 1.19 bits per heavy atom. The molecule has 0 bridgehead atoms. The maximum atomic E-state index is 13.7. The standard InChI is InChI=1S/C16H11BrFNO2/c17-12-2-4-15-11(8-12)5-6-19(15)9-10-1-3-13(16(20)21)14(18)7-10/h1-8H,9H2,(H,20,21). The molecule has 0 radical (unpaired) electrons. The Labute approximate surface area is 128 Å². The number of aromatic nitrogens is 1.